The molecule has 0 aliphatic heterocycles. The molecule has 0 bridgehead atoms. The third kappa shape index (κ3) is 8.01. The predicted octanol–water partition coefficient (Wildman–Crippen LogP) is 5.14. The molecule has 2 aromatic carbocycles. The minimum atomic E-state index is -0.336. The SMILES string of the molecule is CCCCCCOc1ccc(/C=N/NC(=O)COc2ccc(Cl)cc2C)cc1. The van der Waals surface area contributed by atoms with Crippen LogP contribution < -0.4 is 14.9 Å². The number of carbonyl (C=O) groups excluding carboxylic acids is 1. The van der Waals surface area contributed by atoms with Crippen molar-refractivity contribution in [1.29, 1.82) is 0 Å². The Morgan fingerprint density at radius 2 is 1.89 bits per heavy atom. The Morgan fingerprint density at radius 1 is 1.11 bits per heavy atom. The number of carbonyl (C=O) groups is 1. The van der Waals surface area contributed by atoms with Crippen molar-refractivity contribution in [2.24, 2.45) is 5.10 Å². The van der Waals surface area contributed by atoms with Gasteiger partial charge < -0.3 is 9.47 Å². The number of ether oxygens (including phenoxy) is 2. The molecule has 0 aromatic heterocycles. The average molecular weight is 403 g/mol. The maximum Gasteiger partial charge on any atom is 0.277 e. The van der Waals surface area contributed by atoms with Gasteiger partial charge in [0.1, 0.15) is 11.5 Å². The van der Waals surface area contributed by atoms with Crippen LogP contribution in [0.4, 0.5) is 0 Å². The van der Waals surface area contributed by atoms with E-state index in [1.54, 1.807) is 24.4 Å². The Hall–Kier alpha value is -2.53. The van der Waals surface area contributed by atoms with Crippen LogP contribution in [0.3, 0.4) is 0 Å². The van der Waals surface area contributed by atoms with Gasteiger partial charge in [0.05, 0.1) is 12.8 Å². The molecule has 150 valence electrons. The number of halogens is 1. The lowest BCUT2D eigenvalue weighted by Crippen LogP contribution is -2.24. The number of hydrogen-bond donors (Lipinski definition) is 1. The van der Waals surface area contributed by atoms with Crippen LogP contribution in [0.2, 0.25) is 5.02 Å². The molecule has 0 radical (unpaired) electrons. The lowest BCUT2D eigenvalue weighted by atomic mass is 10.2. The monoisotopic (exact) mass is 402 g/mol. The number of rotatable bonds is 11. The summed E-state index contributed by atoms with van der Waals surface area (Å²) in [6, 6.07) is 12.8. The quantitative estimate of drug-likeness (QED) is 0.321. The minimum Gasteiger partial charge on any atom is -0.494 e. The number of hydrogen-bond acceptors (Lipinski definition) is 4. The molecule has 2 rings (SSSR count). The maximum atomic E-state index is 11.8. The summed E-state index contributed by atoms with van der Waals surface area (Å²) >= 11 is 5.90. The van der Waals surface area contributed by atoms with E-state index >= 15 is 0 Å². The Morgan fingerprint density at radius 3 is 2.61 bits per heavy atom. The molecule has 0 saturated carbocycles. The molecule has 0 unspecified atom stereocenters. The van der Waals surface area contributed by atoms with Crippen molar-refractivity contribution in [2.45, 2.75) is 39.5 Å². The van der Waals surface area contributed by atoms with Gasteiger partial charge in [-0.05, 0) is 66.9 Å². The Kier molecular flexibility index (Phi) is 9.35. The third-order valence-corrected chi connectivity index (χ3v) is 4.28. The number of amides is 1. The topological polar surface area (TPSA) is 59.9 Å². The fourth-order valence-electron chi connectivity index (χ4n) is 2.50. The average Bonchev–Trinajstić information content (AvgIpc) is 2.68. The van der Waals surface area contributed by atoms with Gasteiger partial charge in [-0.2, -0.15) is 5.10 Å². The first-order valence-electron chi connectivity index (χ1n) is 9.52. The largest absolute Gasteiger partial charge is 0.494 e. The van der Waals surface area contributed by atoms with Crippen LogP contribution in [0.5, 0.6) is 11.5 Å². The number of aryl methyl sites for hydroxylation is 1. The summed E-state index contributed by atoms with van der Waals surface area (Å²) < 4.78 is 11.2. The maximum absolute atomic E-state index is 11.8. The van der Waals surface area contributed by atoms with Crippen LogP contribution in [-0.2, 0) is 4.79 Å². The van der Waals surface area contributed by atoms with Crippen LogP contribution in [0.25, 0.3) is 0 Å². The number of benzene rings is 2. The molecule has 0 fully saturated rings. The van der Waals surface area contributed by atoms with Gasteiger partial charge in [-0.15, -0.1) is 0 Å². The van der Waals surface area contributed by atoms with Crippen molar-refractivity contribution in [3.8, 4) is 11.5 Å². The summed E-state index contributed by atoms with van der Waals surface area (Å²) in [4.78, 5) is 11.8. The van der Waals surface area contributed by atoms with Gasteiger partial charge in [0.2, 0.25) is 0 Å². The van der Waals surface area contributed by atoms with Gasteiger partial charge in [0, 0.05) is 5.02 Å². The van der Waals surface area contributed by atoms with E-state index in [4.69, 9.17) is 21.1 Å². The van der Waals surface area contributed by atoms with E-state index in [1.165, 1.54) is 19.3 Å². The zero-order valence-electron chi connectivity index (χ0n) is 16.4. The number of unbranched alkanes of at least 4 members (excludes halogenated alkanes) is 3. The van der Waals surface area contributed by atoms with E-state index in [2.05, 4.69) is 17.5 Å². The van der Waals surface area contributed by atoms with Crippen molar-refractivity contribution in [2.75, 3.05) is 13.2 Å². The van der Waals surface area contributed by atoms with Crippen LogP contribution in [0.15, 0.2) is 47.6 Å². The summed E-state index contributed by atoms with van der Waals surface area (Å²) in [5.74, 6) is 1.12. The third-order valence-electron chi connectivity index (χ3n) is 4.05. The Labute approximate surface area is 171 Å². The standard InChI is InChI=1S/C22H27ClN2O3/c1-3-4-5-6-13-27-20-10-7-18(8-11-20)15-24-25-22(26)16-28-21-12-9-19(23)14-17(21)2/h7-12,14-15H,3-6,13,16H2,1-2H3,(H,25,26)/b24-15+. The van der Waals surface area contributed by atoms with Crippen molar-refractivity contribution >= 4 is 23.7 Å². The molecule has 2 aromatic rings. The molecule has 1 N–H and O–H groups in total. The molecule has 6 heteroatoms. The lowest BCUT2D eigenvalue weighted by molar-refractivity contribution is -0.123. The molecule has 28 heavy (non-hydrogen) atoms. The summed E-state index contributed by atoms with van der Waals surface area (Å²) in [6.07, 6.45) is 6.31. The summed E-state index contributed by atoms with van der Waals surface area (Å²) in [7, 11) is 0. The number of nitrogens with zero attached hydrogens (tertiary/aromatic N) is 1. The molecular weight excluding hydrogens is 376 g/mol. The van der Waals surface area contributed by atoms with Gasteiger partial charge in [-0.3, -0.25) is 4.79 Å². The molecule has 5 nitrogen and oxygen atoms in total. The predicted molar refractivity (Wildman–Crippen MR) is 113 cm³/mol. The molecular formula is C22H27ClN2O3. The van der Waals surface area contributed by atoms with Gasteiger partial charge in [0.25, 0.3) is 5.91 Å². The summed E-state index contributed by atoms with van der Waals surface area (Å²) in [6.45, 7) is 4.67. The van der Waals surface area contributed by atoms with Crippen LogP contribution in [0.1, 0.15) is 43.7 Å². The van der Waals surface area contributed by atoms with Crippen molar-refractivity contribution < 1.29 is 14.3 Å². The van der Waals surface area contributed by atoms with E-state index in [1.807, 2.05) is 31.2 Å². The van der Waals surface area contributed by atoms with E-state index in [0.717, 1.165) is 29.9 Å². The molecule has 0 spiro atoms. The first-order valence-corrected chi connectivity index (χ1v) is 9.90. The van der Waals surface area contributed by atoms with Crippen LogP contribution >= 0.6 is 11.6 Å². The molecule has 0 aliphatic rings. The van der Waals surface area contributed by atoms with Crippen molar-refractivity contribution in [3.05, 3.63) is 58.6 Å². The molecule has 0 saturated heterocycles. The smallest absolute Gasteiger partial charge is 0.277 e. The second-order valence-electron chi connectivity index (χ2n) is 6.47. The summed E-state index contributed by atoms with van der Waals surface area (Å²) in [5, 5.41) is 4.58. The van der Waals surface area contributed by atoms with Crippen LogP contribution in [-0.4, -0.2) is 25.3 Å². The van der Waals surface area contributed by atoms with Crippen molar-refractivity contribution in [3.63, 3.8) is 0 Å². The number of nitrogens with one attached hydrogen (secondary N) is 1. The zero-order valence-corrected chi connectivity index (χ0v) is 17.2. The summed E-state index contributed by atoms with van der Waals surface area (Å²) in [5.41, 5.74) is 4.19. The minimum absolute atomic E-state index is 0.120. The highest BCUT2D eigenvalue weighted by Crippen LogP contribution is 2.21. The van der Waals surface area contributed by atoms with E-state index in [0.29, 0.717) is 10.8 Å². The highest BCUT2D eigenvalue weighted by atomic mass is 35.5. The first kappa shape index (κ1) is 21.8. The second-order valence-corrected chi connectivity index (χ2v) is 6.91. The fraction of sp³-hybridized carbons (Fsp3) is 0.364. The van der Waals surface area contributed by atoms with Gasteiger partial charge in [-0.25, -0.2) is 5.43 Å². The highest BCUT2D eigenvalue weighted by molar-refractivity contribution is 6.30. The number of hydrazone groups is 1. The Bertz CT molecular complexity index is 776. The normalized spacial score (nSPS) is 10.8. The van der Waals surface area contributed by atoms with E-state index < -0.39 is 0 Å². The molecule has 1 amide bonds. The second kappa shape index (κ2) is 12.0. The Balaban J connectivity index is 1.70. The molecule has 0 heterocycles. The fourth-order valence-corrected chi connectivity index (χ4v) is 2.72. The highest BCUT2D eigenvalue weighted by Gasteiger charge is 2.04. The van der Waals surface area contributed by atoms with Crippen molar-refractivity contribution in [1.82, 2.24) is 5.43 Å². The first-order chi connectivity index (χ1) is 13.6. The van der Waals surface area contributed by atoms with E-state index in [-0.39, 0.29) is 12.5 Å². The molecule has 0 atom stereocenters. The van der Waals surface area contributed by atoms with Crippen LogP contribution in [0, 0.1) is 6.92 Å². The van der Waals surface area contributed by atoms with Gasteiger partial charge >= 0.3 is 0 Å². The zero-order chi connectivity index (χ0) is 20.2. The molecule has 0 aliphatic carbocycles. The lowest BCUT2D eigenvalue weighted by Gasteiger charge is -2.08. The van der Waals surface area contributed by atoms with E-state index in [9.17, 15) is 4.79 Å². The van der Waals surface area contributed by atoms with Gasteiger partial charge in [0.15, 0.2) is 6.61 Å². The van der Waals surface area contributed by atoms with Gasteiger partial charge in [-0.1, -0.05) is 37.8 Å².